The Kier molecular flexibility index (Phi) is 25.0. The monoisotopic (exact) mass is 1990 g/mol. The summed E-state index contributed by atoms with van der Waals surface area (Å²) in [6.07, 6.45) is 29.0. The molecule has 0 saturated carbocycles. The van der Waals surface area contributed by atoms with Crippen LogP contribution >= 0.6 is 45.3 Å². The molecule has 5 aromatic carbocycles. The van der Waals surface area contributed by atoms with Crippen molar-refractivity contribution in [3.8, 4) is 132 Å². The lowest BCUT2D eigenvalue weighted by Gasteiger charge is -2.17. The van der Waals surface area contributed by atoms with Crippen LogP contribution in [-0.2, 0) is 20.8 Å². The third-order valence-electron chi connectivity index (χ3n) is 24.8. The van der Waals surface area contributed by atoms with E-state index in [4.69, 9.17) is 19.9 Å². The van der Waals surface area contributed by atoms with Crippen molar-refractivity contribution in [2.75, 3.05) is 34.9 Å². The second kappa shape index (κ2) is 39.2. The molecule has 0 radical (unpaired) electrons. The highest BCUT2D eigenvalue weighted by atomic mass is 32.1. The summed E-state index contributed by atoms with van der Waals surface area (Å²) in [7, 11) is 4.03. The molecule has 25 aromatic rings. The zero-order valence-corrected chi connectivity index (χ0v) is 84.0. The first kappa shape index (κ1) is 93.1. The normalized spacial score (nSPS) is 11.6. The average Bonchev–Trinajstić information content (AvgIpc) is 1.62. The molecule has 0 atom stereocenters. The summed E-state index contributed by atoms with van der Waals surface area (Å²) in [5, 5.41) is 43.5. The first-order valence-electron chi connectivity index (χ1n) is 46.9. The number of carbonyl (C=O) groups excluding carboxylic acids is 3. The number of hydrogen-bond acceptors (Lipinski definition) is 24. The number of aromatic amines is 8. The molecule has 0 saturated heterocycles. The molecular weight excluding hydrogens is 1900 g/mol. The number of pyridine rings is 8. The molecule has 146 heavy (non-hydrogen) atoms. The van der Waals surface area contributed by atoms with Crippen LogP contribution in [0.1, 0.15) is 59.7 Å². The molecule has 0 aliphatic rings. The quantitative estimate of drug-likeness (QED) is 0.0358. The van der Waals surface area contributed by atoms with Gasteiger partial charge in [-0.1, -0.05) is 89.2 Å². The van der Waals surface area contributed by atoms with Crippen LogP contribution in [0.25, 0.3) is 220 Å². The predicted octanol–water partition coefficient (Wildman–Crippen LogP) is 25.2. The summed E-state index contributed by atoms with van der Waals surface area (Å²) >= 11 is 6.91. The van der Waals surface area contributed by atoms with E-state index in [1.165, 1.54) is 19.5 Å². The van der Waals surface area contributed by atoms with Crippen molar-refractivity contribution < 1.29 is 14.4 Å². The van der Waals surface area contributed by atoms with Crippen LogP contribution in [0.5, 0.6) is 0 Å². The van der Waals surface area contributed by atoms with E-state index in [1.54, 1.807) is 101 Å². The maximum Gasteiger partial charge on any atom is 0.229 e. The molecule has 20 heterocycles. The van der Waals surface area contributed by atoms with Crippen molar-refractivity contribution in [3.05, 3.63) is 300 Å². The number of imidazole rings is 4. The fourth-order valence-corrected chi connectivity index (χ4v) is 20.6. The number of anilines is 4. The molecule has 11 N–H and O–H groups in total. The number of hydrogen-bond donors (Lipinski definition) is 11. The first-order chi connectivity index (χ1) is 70.9. The van der Waals surface area contributed by atoms with E-state index >= 15 is 0 Å². The van der Waals surface area contributed by atoms with Gasteiger partial charge in [0.15, 0.2) is 23.3 Å². The number of carbonyl (C=O) groups is 3. The fourth-order valence-electron chi connectivity index (χ4n) is 17.1. The maximum atomic E-state index is 12.6. The van der Waals surface area contributed by atoms with Crippen LogP contribution in [0.2, 0.25) is 0 Å². The van der Waals surface area contributed by atoms with E-state index < -0.39 is 5.41 Å². The molecule has 0 unspecified atom stereocenters. The summed E-state index contributed by atoms with van der Waals surface area (Å²) in [6.45, 7) is 17.7. The van der Waals surface area contributed by atoms with Crippen molar-refractivity contribution in [1.82, 2.24) is 121 Å². The van der Waals surface area contributed by atoms with E-state index in [9.17, 15) is 14.4 Å². The standard InChI is InChI=1S/C31H23N7OS.C28H25N7OS.C27H23N7OS.C25H21N7S/c1-18-7-10-27(40-18)24-16-33-17-26-29(24)36-31(35-26)30-23-13-20(8-9-25(23)37-38-30)21-12-22(15-32-14-21)34-28(39)11-19-5-3-2-4-6-19;1-15-5-8-23(37-15)20-13-30-14-22-24(20)33-26(32-22)25-19-10-16(6-7-21(19)34-35-25)17-9-18(12-29-11-17)31-27(36)28(2,3)4;1-14(2)27(35)30-18-8-17(10-28-11-18)16-5-6-21-19(9-16)25(34-33-21)26-31-22-13-29-12-20(24(22)32-26)23-7-4-15(3)36-23;1-14-4-7-22(33-14)19-12-27-13-21-23(19)29-25(28-21)24-18-9-15(5-6-20(18)30-31-24)16-8-17(32(2)3)11-26-10-16/h2-10,12-17H,11H2,1H3,(H,34,39)(H,35,36)(H,37,38);5-14H,1-4H3,(H,31,36)(H,32,33)(H,34,35);4-14H,1-3H3,(H,30,35)(H,31,32)(H,33,34);4-13H,1-3H3,(H,28,29)(H,30,31). The molecule has 0 fully saturated rings. The van der Waals surface area contributed by atoms with Gasteiger partial charge in [0, 0.05) is 180 Å². The molecule has 31 nitrogen and oxygen atoms in total. The van der Waals surface area contributed by atoms with E-state index in [2.05, 4.69) is 229 Å². The number of nitrogens with zero attached hydrogens (tertiary/aromatic N) is 17. The highest BCUT2D eigenvalue weighted by Crippen LogP contribution is 2.43. The molecule has 718 valence electrons. The molecular formula is C111H92N28O3S4. The Hall–Kier alpha value is -17.9. The van der Waals surface area contributed by atoms with E-state index in [-0.39, 0.29) is 23.6 Å². The number of aromatic nitrogens is 24. The molecule has 0 bridgehead atoms. The van der Waals surface area contributed by atoms with Crippen LogP contribution in [0.4, 0.5) is 22.7 Å². The van der Waals surface area contributed by atoms with Gasteiger partial charge in [-0.05, 0) is 177 Å². The minimum absolute atomic E-state index is 0.0435. The minimum atomic E-state index is -0.495. The van der Waals surface area contributed by atoms with Crippen LogP contribution in [-0.4, -0.2) is 152 Å². The van der Waals surface area contributed by atoms with Gasteiger partial charge in [-0.3, -0.25) is 74.7 Å². The zero-order valence-electron chi connectivity index (χ0n) is 80.7. The Labute approximate surface area is 850 Å². The SMILES string of the molecule is Cc1ccc(-c2cncc3[nH]c(-c4n[nH]c5ccc(-c6cncc(N(C)C)c6)cc45)nc23)s1.Cc1ccc(-c2cncc3[nH]c(-c4n[nH]c5ccc(-c6cncc(NC(=O)C(C)(C)C)c6)cc45)nc23)s1.Cc1ccc(-c2cncc3[nH]c(-c4n[nH]c5ccc(-c6cncc(NC(=O)C(C)C)c6)cc45)nc23)s1.Cc1ccc(-c2cncc3[nH]c(-c4n[nH]c5ccc(-c6cncc(NC(=O)Cc7ccccc7)c6)cc45)nc23)s1. The van der Waals surface area contributed by atoms with E-state index in [0.29, 0.717) is 41.0 Å². The van der Waals surface area contributed by atoms with Gasteiger partial charge in [0.2, 0.25) is 17.7 Å². The molecule has 35 heteroatoms. The Morgan fingerprint density at radius 3 is 0.945 bits per heavy atom. The van der Waals surface area contributed by atoms with Crippen LogP contribution < -0.4 is 20.9 Å². The molecule has 0 aliphatic heterocycles. The molecule has 3 amide bonds. The van der Waals surface area contributed by atoms with Crippen LogP contribution in [0.15, 0.2) is 275 Å². The molecule has 25 rings (SSSR count). The second-order valence-electron chi connectivity index (χ2n) is 36.9. The van der Waals surface area contributed by atoms with Gasteiger partial charge in [0.05, 0.1) is 123 Å². The minimum Gasteiger partial charge on any atom is -0.376 e. The topological polar surface area (TPSA) is 423 Å². The van der Waals surface area contributed by atoms with Crippen LogP contribution in [0, 0.1) is 39.0 Å². The van der Waals surface area contributed by atoms with Crippen molar-refractivity contribution in [3.63, 3.8) is 0 Å². The lowest BCUT2D eigenvalue weighted by molar-refractivity contribution is -0.123. The molecule has 0 spiro atoms. The summed E-state index contributed by atoms with van der Waals surface area (Å²) in [4.78, 5) is 117. The number of nitrogens with one attached hydrogen (secondary N) is 11. The average molecular weight is 1990 g/mol. The number of amides is 3. The van der Waals surface area contributed by atoms with Crippen molar-refractivity contribution in [2.45, 2.75) is 68.7 Å². The number of thiophene rings is 4. The second-order valence-corrected chi connectivity index (χ2v) is 42.1. The zero-order chi connectivity index (χ0) is 100. The Bertz CT molecular complexity index is 9270. The van der Waals surface area contributed by atoms with Crippen molar-refractivity contribution in [1.29, 1.82) is 0 Å². The summed E-state index contributed by atoms with van der Waals surface area (Å²) in [5.74, 6) is 2.43. The lowest BCUT2D eigenvalue weighted by Crippen LogP contribution is -2.27. The van der Waals surface area contributed by atoms with E-state index in [0.717, 1.165) is 214 Å². The highest BCUT2D eigenvalue weighted by molar-refractivity contribution is 7.16. The summed E-state index contributed by atoms with van der Waals surface area (Å²) < 4.78 is 0. The number of fused-ring (bicyclic) bond motifs is 8. The highest BCUT2D eigenvalue weighted by Gasteiger charge is 2.27. The third kappa shape index (κ3) is 19.2. The van der Waals surface area contributed by atoms with Crippen molar-refractivity contribution >= 4 is 174 Å². The van der Waals surface area contributed by atoms with Gasteiger partial charge in [0.1, 0.15) is 44.8 Å². The molecule has 0 aliphatic carbocycles. The Morgan fingerprint density at radius 1 is 0.329 bits per heavy atom. The van der Waals surface area contributed by atoms with Gasteiger partial charge in [-0.15, -0.1) is 45.3 Å². The lowest BCUT2D eigenvalue weighted by atomic mass is 9.95. The summed E-state index contributed by atoms with van der Waals surface area (Å²) in [5.41, 5.74) is 28.8. The Morgan fingerprint density at radius 2 is 0.637 bits per heavy atom. The van der Waals surface area contributed by atoms with Gasteiger partial charge in [-0.2, -0.15) is 20.4 Å². The van der Waals surface area contributed by atoms with Gasteiger partial charge in [0.25, 0.3) is 0 Å². The fraction of sp³-hybridized carbons (Fsp3) is 0.126. The first-order valence-corrected chi connectivity index (χ1v) is 50.2. The Balaban J connectivity index is 0.000000111. The van der Waals surface area contributed by atoms with Crippen molar-refractivity contribution in [2.24, 2.45) is 11.3 Å². The molecule has 20 aromatic heterocycles. The third-order valence-corrected chi connectivity index (χ3v) is 28.9. The number of rotatable bonds is 19. The number of aryl methyl sites for hydroxylation is 4. The van der Waals surface area contributed by atoms with Gasteiger partial charge in [-0.25, -0.2) is 19.9 Å². The van der Waals surface area contributed by atoms with Gasteiger partial charge < -0.3 is 40.8 Å². The predicted molar refractivity (Wildman–Crippen MR) is 586 cm³/mol. The maximum absolute atomic E-state index is 12.6. The number of benzene rings is 5. The van der Waals surface area contributed by atoms with E-state index in [1.807, 2.05) is 188 Å². The number of H-pyrrole nitrogens is 8. The van der Waals surface area contributed by atoms with Gasteiger partial charge >= 0.3 is 0 Å². The summed E-state index contributed by atoms with van der Waals surface area (Å²) in [6, 6.07) is 58.9. The smallest absolute Gasteiger partial charge is 0.229 e. The van der Waals surface area contributed by atoms with Crippen LogP contribution in [0.3, 0.4) is 0 Å². The largest absolute Gasteiger partial charge is 0.376 e.